The van der Waals surface area contributed by atoms with Crippen LogP contribution in [0.2, 0.25) is 0 Å². The molecule has 0 radical (unpaired) electrons. The van der Waals surface area contributed by atoms with E-state index in [1.165, 1.54) is 20.3 Å². The van der Waals surface area contributed by atoms with Gasteiger partial charge in [-0.05, 0) is 23.1 Å². The first kappa shape index (κ1) is 13.1. The molecular weight excluding hydrogens is 207 g/mol. The number of rotatable bonds is 3. The van der Waals surface area contributed by atoms with Crippen molar-refractivity contribution in [2.45, 2.75) is 32.5 Å². The van der Waals surface area contributed by atoms with E-state index in [0.29, 0.717) is 5.56 Å². The molecular formula is C13H19FO2. The monoisotopic (exact) mass is 226 g/mol. The minimum atomic E-state index is -0.517. The molecule has 0 aliphatic carbocycles. The van der Waals surface area contributed by atoms with Crippen LogP contribution in [0.5, 0.6) is 0 Å². The SMILES string of the molecule is COC(OC)c1cc(F)cc(C(C)(C)C)c1. The average Bonchev–Trinajstić information content (AvgIpc) is 2.17. The number of benzene rings is 1. The van der Waals surface area contributed by atoms with Crippen LogP contribution in [0.3, 0.4) is 0 Å². The molecule has 0 bridgehead atoms. The molecule has 2 nitrogen and oxygen atoms in total. The Morgan fingerprint density at radius 1 is 1.06 bits per heavy atom. The molecule has 90 valence electrons. The lowest BCUT2D eigenvalue weighted by Crippen LogP contribution is -2.13. The van der Waals surface area contributed by atoms with Crippen molar-refractivity contribution in [3.8, 4) is 0 Å². The van der Waals surface area contributed by atoms with E-state index >= 15 is 0 Å². The summed E-state index contributed by atoms with van der Waals surface area (Å²) in [4.78, 5) is 0. The number of hydrogen-bond acceptors (Lipinski definition) is 2. The fourth-order valence-corrected chi connectivity index (χ4v) is 1.55. The molecule has 3 heteroatoms. The van der Waals surface area contributed by atoms with Gasteiger partial charge in [-0.1, -0.05) is 26.8 Å². The third-order valence-electron chi connectivity index (χ3n) is 2.49. The van der Waals surface area contributed by atoms with Crippen molar-refractivity contribution in [1.29, 1.82) is 0 Å². The topological polar surface area (TPSA) is 18.5 Å². The zero-order valence-electron chi connectivity index (χ0n) is 10.5. The maximum absolute atomic E-state index is 13.5. The second-order valence-corrected chi connectivity index (χ2v) is 4.83. The Morgan fingerprint density at radius 3 is 2.06 bits per heavy atom. The average molecular weight is 226 g/mol. The molecule has 1 aromatic carbocycles. The Morgan fingerprint density at radius 2 is 1.62 bits per heavy atom. The molecule has 0 saturated carbocycles. The van der Waals surface area contributed by atoms with Crippen molar-refractivity contribution in [3.05, 3.63) is 35.1 Å². The van der Waals surface area contributed by atoms with Gasteiger partial charge in [-0.2, -0.15) is 0 Å². The summed E-state index contributed by atoms with van der Waals surface area (Å²) in [5, 5.41) is 0. The zero-order chi connectivity index (χ0) is 12.3. The van der Waals surface area contributed by atoms with Gasteiger partial charge < -0.3 is 9.47 Å². The first-order chi connectivity index (χ1) is 7.38. The summed E-state index contributed by atoms with van der Waals surface area (Å²) in [6.07, 6.45) is -0.517. The predicted molar refractivity (Wildman–Crippen MR) is 61.9 cm³/mol. The summed E-state index contributed by atoms with van der Waals surface area (Å²) < 4.78 is 23.7. The molecule has 0 heterocycles. The zero-order valence-corrected chi connectivity index (χ0v) is 10.5. The van der Waals surface area contributed by atoms with Gasteiger partial charge in [-0.25, -0.2) is 4.39 Å². The summed E-state index contributed by atoms with van der Waals surface area (Å²) in [6, 6.07) is 4.90. The first-order valence-electron chi connectivity index (χ1n) is 5.25. The molecule has 0 aliphatic heterocycles. The number of methoxy groups -OCH3 is 2. The van der Waals surface area contributed by atoms with Gasteiger partial charge in [-0.3, -0.25) is 0 Å². The van der Waals surface area contributed by atoms with E-state index in [2.05, 4.69) is 0 Å². The molecule has 16 heavy (non-hydrogen) atoms. The largest absolute Gasteiger partial charge is 0.352 e. The smallest absolute Gasteiger partial charge is 0.183 e. The molecule has 0 saturated heterocycles. The Labute approximate surface area is 96.4 Å². The van der Waals surface area contributed by atoms with Crippen LogP contribution >= 0.6 is 0 Å². The number of halogens is 1. The normalized spacial score (nSPS) is 12.2. The predicted octanol–water partition coefficient (Wildman–Crippen LogP) is 3.41. The third-order valence-corrected chi connectivity index (χ3v) is 2.49. The van der Waals surface area contributed by atoms with E-state index in [9.17, 15) is 4.39 Å². The van der Waals surface area contributed by atoms with Gasteiger partial charge in [0.1, 0.15) is 5.82 Å². The fraction of sp³-hybridized carbons (Fsp3) is 0.538. The maximum atomic E-state index is 13.5. The molecule has 0 aliphatic rings. The lowest BCUT2D eigenvalue weighted by molar-refractivity contribution is -0.106. The van der Waals surface area contributed by atoms with E-state index in [4.69, 9.17) is 9.47 Å². The quantitative estimate of drug-likeness (QED) is 0.735. The lowest BCUT2D eigenvalue weighted by Gasteiger charge is -2.22. The van der Waals surface area contributed by atoms with Gasteiger partial charge in [0.05, 0.1) is 0 Å². The lowest BCUT2D eigenvalue weighted by atomic mass is 9.86. The minimum absolute atomic E-state index is 0.0944. The van der Waals surface area contributed by atoms with E-state index in [-0.39, 0.29) is 11.2 Å². The standard InChI is InChI=1S/C13H19FO2/c1-13(2,3)10-6-9(7-11(14)8-10)12(15-4)16-5/h6-8,12H,1-5H3. The molecule has 0 aromatic heterocycles. The molecule has 0 N–H and O–H groups in total. The van der Waals surface area contributed by atoms with E-state index in [0.717, 1.165) is 5.56 Å². The van der Waals surface area contributed by atoms with Crippen molar-refractivity contribution in [3.63, 3.8) is 0 Å². The first-order valence-corrected chi connectivity index (χ1v) is 5.25. The maximum Gasteiger partial charge on any atom is 0.183 e. The molecule has 0 atom stereocenters. The van der Waals surface area contributed by atoms with Gasteiger partial charge in [0.15, 0.2) is 6.29 Å². The summed E-state index contributed by atoms with van der Waals surface area (Å²) in [6.45, 7) is 6.13. The second-order valence-electron chi connectivity index (χ2n) is 4.83. The molecule has 0 amide bonds. The Balaban J connectivity index is 3.17. The van der Waals surface area contributed by atoms with Crippen LogP contribution in [0.25, 0.3) is 0 Å². The summed E-state index contributed by atoms with van der Waals surface area (Å²) >= 11 is 0. The van der Waals surface area contributed by atoms with Crippen LogP contribution in [0.15, 0.2) is 18.2 Å². The summed E-state index contributed by atoms with van der Waals surface area (Å²) in [7, 11) is 3.08. The van der Waals surface area contributed by atoms with Gasteiger partial charge in [0.2, 0.25) is 0 Å². The molecule has 0 unspecified atom stereocenters. The molecule has 1 aromatic rings. The Bertz CT molecular complexity index is 351. The second kappa shape index (κ2) is 4.93. The van der Waals surface area contributed by atoms with Crippen molar-refractivity contribution in [2.75, 3.05) is 14.2 Å². The van der Waals surface area contributed by atoms with Crippen molar-refractivity contribution < 1.29 is 13.9 Å². The highest BCUT2D eigenvalue weighted by Gasteiger charge is 2.18. The van der Waals surface area contributed by atoms with E-state index in [1.54, 1.807) is 6.07 Å². The van der Waals surface area contributed by atoms with Crippen LogP contribution in [0.1, 0.15) is 38.2 Å². The van der Waals surface area contributed by atoms with Gasteiger partial charge >= 0.3 is 0 Å². The Hall–Kier alpha value is -0.930. The van der Waals surface area contributed by atoms with Crippen molar-refractivity contribution in [2.24, 2.45) is 0 Å². The van der Waals surface area contributed by atoms with Crippen LogP contribution in [-0.4, -0.2) is 14.2 Å². The van der Waals surface area contributed by atoms with Gasteiger partial charge in [0, 0.05) is 19.8 Å². The summed E-state index contributed by atoms with van der Waals surface area (Å²) in [5.41, 5.74) is 1.54. The molecule has 1 rings (SSSR count). The fourth-order valence-electron chi connectivity index (χ4n) is 1.55. The molecule has 0 spiro atoms. The van der Waals surface area contributed by atoms with Gasteiger partial charge in [-0.15, -0.1) is 0 Å². The number of ether oxygens (including phenoxy) is 2. The van der Waals surface area contributed by atoms with Crippen LogP contribution in [0.4, 0.5) is 4.39 Å². The van der Waals surface area contributed by atoms with E-state index < -0.39 is 6.29 Å². The highest BCUT2D eigenvalue weighted by atomic mass is 19.1. The number of hydrogen-bond donors (Lipinski definition) is 0. The van der Waals surface area contributed by atoms with Crippen LogP contribution in [0, 0.1) is 5.82 Å². The van der Waals surface area contributed by atoms with Crippen molar-refractivity contribution in [1.82, 2.24) is 0 Å². The van der Waals surface area contributed by atoms with E-state index in [1.807, 2.05) is 26.8 Å². The highest BCUT2D eigenvalue weighted by molar-refractivity contribution is 5.30. The van der Waals surface area contributed by atoms with Crippen LogP contribution < -0.4 is 0 Å². The third kappa shape index (κ3) is 3.03. The highest BCUT2D eigenvalue weighted by Crippen LogP contribution is 2.27. The van der Waals surface area contributed by atoms with Crippen molar-refractivity contribution >= 4 is 0 Å². The van der Waals surface area contributed by atoms with Gasteiger partial charge in [0.25, 0.3) is 0 Å². The molecule has 0 fully saturated rings. The summed E-state index contributed by atoms with van der Waals surface area (Å²) in [5.74, 6) is -0.262. The Kier molecular flexibility index (Phi) is 4.05. The minimum Gasteiger partial charge on any atom is -0.352 e. The van der Waals surface area contributed by atoms with Crippen LogP contribution in [-0.2, 0) is 14.9 Å².